The molecule has 0 amide bonds. The predicted molar refractivity (Wildman–Crippen MR) is 142 cm³/mol. The van der Waals surface area contributed by atoms with Crippen LogP contribution in [0.3, 0.4) is 0 Å². The normalized spacial score (nSPS) is 21.5. The van der Waals surface area contributed by atoms with E-state index in [9.17, 15) is 23.1 Å². The van der Waals surface area contributed by atoms with Gasteiger partial charge in [-0.2, -0.15) is 28.2 Å². The molecule has 1 aromatic carbocycles. The minimum atomic E-state index is -4.76. The minimum absolute atomic E-state index is 0.0804. The van der Waals surface area contributed by atoms with Gasteiger partial charge in [0, 0.05) is 49.6 Å². The summed E-state index contributed by atoms with van der Waals surface area (Å²) in [5, 5.41) is 17.0. The number of benzene rings is 1. The number of hydrogen-bond acceptors (Lipinski definition) is 8. The summed E-state index contributed by atoms with van der Waals surface area (Å²) in [5.41, 5.74) is 6.35. The van der Waals surface area contributed by atoms with Crippen molar-refractivity contribution in [2.45, 2.75) is 57.0 Å². The zero-order valence-corrected chi connectivity index (χ0v) is 22.2. The second-order valence-corrected chi connectivity index (χ2v) is 10.5. The summed E-state index contributed by atoms with van der Waals surface area (Å²) in [5.74, 6) is -0.982. The number of alkyl halides is 3. The van der Waals surface area contributed by atoms with Crippen LogP contribution in [0.1, 0.15) is 44.3 Å². The third kappa shape index (κ3) is 5.42. The van der Waals surface area contributed by atoms with Gasteiger partial charge in [-0.15, -0.1) is 0 Å². The number of nitrogens with two attached hydrogens (primary N) is 1. The average molecular weight is 560 g/mol. The Labute approximate surface area is 229 Å². The van der Waals surface area contributed by atoms with E-state index in [0.717, 1.165) is 6.42 Å². The van der Waals surface area contributed by atoms with Crippen LogP contribution >= 0.6 is 0 Å². The summed E-state index contributed by atoms with van der Waals surface area (Å²) >= 11 is 0. The maximum Gasteiger partial charge on any atom is 0.429 e. The van der Waals surface area contributed by atoms with Crippen molar-refractivity contribution in [1.82, 2.24) is 25.1 Å². The fraction of sp³-hybridized carbons (Fsp3) is 0.481. The van der Waals surface area contributed by atoms with E-state index in [4.69, 9.17) is 10.5 Å². The number of anilines is 2. The minimum Gasteiger partial charge on any atom is -0.480 e. The van der Waals surface area contributed by atoms with E-state index >= 15 is 0 Å². The Balaban J connectivity index is 1.39. The van der Waals surface area contributed by atoms with Crippen molar-refractivity contribution in [3.63, 3.8) is 0 Å². The molecule has 10 nitrogen and oxygen atoms in total. The van der Waals surface area contributed by atoms with Crippen LogP contribution in [0.2, 0.25) is 0 Å². The number of aromatic nitrogens is 4. The lowest BCUT2D eigenvalue weighted by atomic mass is 9.71. The molecule has 0 saturated carbocycles. The Morgan fingerprint density at radius 3 is 2.60 bits per heavy atom. The Morgan fingerprint density at radius 1 is 1.25 bits per heavy atom. The molecule has 1 spiro atoms. The van der Waals surface area contributed by atoms with E-state index in [2.05, 4.69) is 20.4 Å². The molecule has 3 atom stereocenters. The number of nitrogen functional groups attached to an aromatic ring is 1. The van der Waals surface area contributed by atoms with Gasteiger partial charge in [-0.25, -0.2) is 0 Å². The lowest BCUT2D eigenvalue weighted by molar-refractivity contribution is -0.198. The number of carboxylic acids is 1. The molecule has 0 aliphatic carbocycles. The van der Waals surface area contributed by atoms with E-state index < -0.39 is 24.3 Å². The van der Waals surface area contributed by atoms with Crippen molar-refractivity contribution in [2.24, 2.45) is 12.5 Å². The zero-order valence-electron chi connectivity index (χ0n) is 22.2. The molecule has 214 valence electrons. The molecule has 2 fully saturated rings. The zero-order chi connectivity index (χ0) is 28.7. The highest BCUT2D eigenvalue weighted by molar-refractivity contribution is 5.74. The van der Waals surface area contributed by atoms with Crippen molar-refractivity contribution < 1.29 is 27.8 Å². The average Bonchev–Trinajstić information content (AvgIpc) is 3.50. The summed E-state index contributed by atoms with van der Waals surface area (Å²) < 4.78 is 50.2. The molecule has 0 bridgehead atoms. The second-order valence-electron chi connectivity index (χ2n) is 10.5. The second kappa shape index (κ2) is 10.6. The van der Waals surface area contributed by atoms with Gasteiger partial charge in [0.15, 0.2) is 0 Å². The van der Waals surface area contributed by atoms with E-state index in [0.29, 0.717) is 49.4 Å². The fourth-order valence-electron chi connectivity index (χ4n) is 6.07. The SMILES string of the molecule is CCC1NC(C(=O)O)CC12CCN(c1cc(O[C@H](c3ccccc3-c3ccn(C)n3)C(F)(F)F)nc(N)n1)CC2. The summed E-state index contributed by atoms with van der Waals surface area (Å²) in [6.07, 6.45) is -2.65. The van der Waals surface area contributed by atoms with Crippen LogP contribution in [0.15, 0.2) is 42.6 Å². The molecule has 13 heteroatoms. The molecule has 4 N–H and O–H groups in total. The molecule has 5 rings (SSSR count). The number of halogens is 3. The summed E-state index contributed by atoms with van der Waals surface area (Å²) in [7, 11) is 1.69. The topological polar surface area (TPSA) is 131 Å². The van der Waals surface area contributed by atoms with Gasteiger partial charge >= 0.3 is 12.1 Å². The third-order valence-corrected chi connectivity index (χ3v) is 8.02. The number of piperidine rings is 1. The number of carboxylic acid groups (broad SMARTS) is 1. The van der Waals surface area contributed by atoms with Crippen molar-refractivity contribution in [2.75, 3.05) is 23.7 Å². The van der Waals surface area contributed by atoms with E-state index in [1.54, 1.807) is 31.4 Å². The number of nitrogens with one attached hydrogen (secondary N) is 1. The Morgan fingerprint density at radius 2 is 1.98 bits per heavy atom. The van der Waals surface area contributed by atoms with Gasteiger partial charge in [-0.05, 0) is 37.2 Å². The number of aryl methyl sites for hydroxylation is 1. The summed E-state index contributed by atoms with van der Waals surface area (Å²) in [4.78, 5) is 21.8. The molecule has 2 aliphatic heterocycles. The van der Waals surface area contributed by atoms with Crippen molar-refractivity contribution in [3.8, 4) is 17.1 Å². The standard InChI is InChI=1S/C27H32F3N7O3/c1-3-20-26(15-19(32-20)24(38)39)9-12-37(13-10-26)21-14-22(34-25(31)33-21)40-23(27(28,29)30)17-7-5-4-6-16(17)18-8-11-36(2)35-18/h4-8,11,14,19-20,23,32H,3,9-10,12-13,15H2,1-2H3,(H,38,39)(H2,31,33,34)/t19?,20?,23-/m1/s1. The predicted octanol–water partition coefficient (Wildman–Crippen LogP) is 3.95. The summed E-state index contributed by atoms with van der Waals surface area (Å²) in [6, 6.07) is 8.60. The first kappa shape index (κ1) is 27.7. The molecule has 3 aromatic rings. The van der Waals surface area contributed by atoms with Crippen LogP contribution < -0.4 is 20.7 Å². The van der Waals surface area contributed by atoms with Crippen LogP contribution in [-0.2, 0) is 11.8 Å². The number of ether oxygens (including phenoxy) is 1. The first-order chi connectivity index (χ1) is 19.0. The van der Waals surface area contributed by atoms with Gasteiger partial charge in [0.1, 0.15) is 11.9 Å². The Hall–Kier alpha value is -3.87. The number of rotatable bonds is 7. The maximum absolute atomic E-state index is 14.4. The quantitative estimate of drug-likeness (QED) is 0.394. The Kier molecular flexibility index (Phi) is 7.34. The lowest BCUT2D eigenvalue weighted by Crippen LogP contribution is -2.46. The van der Waals surface area contributed by atoms with Crippen LogP contribution in [0.5, 0.6) is 5.88 Å². The molecule has 40 heavy (non-hydrogen) atoms. The number of aliphatic carboxylic acids is 1. The van der Waals surface area contributed by atoms with Gasteiger partial charge in [-0.1, -0.05) is 31.2 Å². The molecule has 2 saturated heterocycles. The van der Waals surface area contributed by atoms with Gasteiger partial charge in [0.2, 0.25) is 17.9 Å². The lowest BCUT2D eigenvalue weighted by Gasteiger charge is -2.43. The number of nitrogens with zero attached hydrogens (tertiary/aromatic N) is 5. The van der Waals surface area contributed by atoms with Crippen LogP contribution in [0.4, 0.5) is 24.9 Å². The largest absolute Gasteiger partial charge is 0.480 e. The number of carbonyl (C=O) groups is 1. The molecule has 0 radical (unpaired) electrons. The molecule has 2 aromatic heterocycles. The smallest absolute Gasteiger partial charge is 0.429 e. The highest BCUT2D eigenvalue weighted by Crippen LogP contribution is 2.46. The highest BCUT2D eigenvalue weighted by atomic mass is 19.4. The van der Waals surface area contributed by atoms with E-state index in [1.165, 1.54) is 22.9 Å². The maximum atomic E-state index is 14.4. The van der Waals surface area contributed by atoms with E-state index in [1.807, 2.05) is 11.8 Å². The first-order valence-electron chi connectivity index (χ1n) is 13.2. The fourth-order valence-corrected chi connectivity index (χ4v) is 6.07. The summed E-state index contributed by atoms with van der Waals surface area (Å²) in [6.45, 7) is 3.13. The third-order valence-electron chi connectivity index (χ3n) is 8.02. The van der Waals surface area contributed by atoms with Crippen LogP contribution in [-0.4, -0.2) is 62.2 Å². The molecule has 4 heterocycles. The van der Waals surface area contributed by atoms with Crippen molar-refractivity contribution in [3.05, 3.63) is 48.2 Å². The van der Waals surface area contributed by atoms with Gasteiger partial charge < -0.3 is 25.8 Å². The van der Waals surface area contributed by atoms with Gasteiger partial charge in [0.05, 0.1) is 5.69 Å². The Bertz CT molecular complexity index is 1370. The van der Waals surface area contributed by atoms with Gasteiger partial charge in [-0.3, -0.25) is 9.48 Å². The molecule has 2 aliphatic rings. The monoisotopic (exact) mass is 559 g/mol. The van der Waals surface area contributed by atoms with Crippen LogP contribution in [0.25, 0.3) is 11.3 Å². The van der Waals surface area contributed by atoms with Gasteiger partial charge in [0.25, 0.3) is 0 Å². The van der Waals surface area contributed by atoms with Crippen molar-refractivity contribution >= 4 is 17.7 Å². The molecular weight excluding hydrogens is 527 g/mol. The van der Waals surface area contributed by atoms with Crippen LogP contribution in [0, 0.1) is 5.41 Å². The van der Waals surface area contributed by atoms with Crippen molar-refractivity contribution in [1.29, 1.82) is 0 Å². The molecule has 2 unspecified atom stereocenters. The molecular formula is C27H32F3N7O3. The highest BCUT2D eigenvalue weighted by Gasteiger charge is 2.50. The number of hydrogen-bond donors (Lipinski definition) is 3. The van der Waals surface area contributed by atoms with E-state index in [-0.39, 0.29) is 28.8 Å². The first-order valence-corrected chi connectivity index (χ1v) is 13.2.